The summed E-state index contributed by atoms with van der Waals surface area (Å²) < 4.78 is 77.4. The molecule has 0 radical (unpaired) electrons. The molecule has 4 nitrogen and oxygen atoms in total. The van der Waals surface area contributed by atoms with Crippen molar-refractivity contribution in [2.45, 2.75) is 24.7 Å². The molecule has 2 amide bonds. The molecule has 2 aromatic carbocycles. The monoisotopic (exact) mass is 572 g/mol. The number of allylic oxidation sites excluding steroid dienone is 1. The molecule has 0 bridgehead atoms. The second kappa shape index (κ2) is 12.0. The largest absolute Gasteiger partial charge is 0.399 e. The van der Waals surface area contributed by atoms with Crippen molar-refractivity contribution in [1.29, 1.82) is 0 Å². The van der Waals surface area contributed by atoms with E-state index in [0.717, 1.165) is 18.2 Å². The number of hydrogen-bond donors (Lipinski definition) is 2. The van der Waals surface area contributed by atoms with Gasteiger partial charge in [0, 0.05) is 12.1 Å². The summed E-state index contributed by atoms with van der Waals surface area (Å²) in [7, 11) is 0. The molecule has 0 fully saturated rings. The maximum absolute atomic E-state index is 13.6. The fourth-order valence-electron chi connectivity index (χ4n) is 2.81. The van der Waals surface area contributed by atoms with Crippen LogP contribution >= 0.6 is 34.8 Å². The summed E-state index contributed by atoms with van der Waals surface area (Å²) in [6, 6.07) is 7.40. The van der Waals surface area contributed by atoms with Crippen LogP contribution in [-0.4, -0.2) is 30.7 Å². The molecular formula is C23H17Cl3F6N2O2. The SMILES string of the molecule is C=C(NC(=O)c1ccc(C=CC(c2cc(Cl)c(Cl)c(Cl)c2)C(F)(F)F)cc1)C(=O)NCCC(F)(F)F. The van der Waals surface area contributed by atoms with E-state index < -0.39 is 48.7 Å². The van der Waals surface area contributed by atoms with E-state index in [-0.39, 0.29) is 26.2 Å². The second-order valence-corrected chi connectivity index (χ2v) is 8.55. The van der Waals surface area contributed by atoms with Gasteiger partial charge in [-0.25, -0.2) is 0 Å². The van der Waals surface area contributed by atoms with Crippen molar-refractivity contribution in [1.82, 2.24) is 10.6 Å². The number of alkyl halides is 6. The lowest BCUT2D eigenvalue weighted by Crippen LogP contribution is -2.35. The fraction of sp³-hybridized carbons (Fsp3) is 0.217. The van der Waals surface area contributed by atoms with Gasteiger partial charge in [0.1, 0.15) is 0 Å². The zero-order valence-corrected chi connectivity index (χ0v) is 20.3. The molecule has 0 saturated heterocycles. The number of amides is 2. The van der Waals surface area contributed by atoms with Crippen molar-refractivity contribution in [3.8, 4) is 0 Å². The lowest BCUT2D eigenvalue weighted by atomic mass is 9.97. The molecule has 13 heteroatoms. The quantitative estimate of drug-likeness (QED) is 0.198. The molecule has 194 valence electrons. The summed E-state index contributed by atoms with van der Waals surface area (Å²) in [4.78, 5) is 24.0. The first kappa shape index (κ1) is 29.5. The van der Waals surface area contributed by atoms with Gasteiger partial charge in [-0.3, -0.25) is 9.59 Å². The molecule has 0 saturated carbocycles. The first-order valence-corrected chi connectivity index (χ1v) is 11.1. The molecule has 2 aromatic rings. The van der Waals surface area contributed by atoms with E-state index in [1.165, 1.54) is 30.3 Å². The van der Waals surface area contributed by atoms with Crippen molar-refractivity contribution in [3.63, 3.8) is 0 Å². The third-order valence-electron chi connectivity index (χ3n) is 4.60. The van der Waals surface area contributed by atoms with Crippen LogP contribution in [0, 0.1) is 0 Å². The van der Waals surface area contributed by atoms with Crippen LogP contribution < -0.4 is 10.6 Å². The third kappa shape index (κ3) is 8.76. The van der Waals surface area contributed by atoms with Gasteiger partial charge >= 0.3 is 12.4 Å². The zero-order valence-electron chi connectivity index (χ0n) is 18.0. The molecular weight excluding hydrogens is 557 g/mol. The Morgan fingerprint density at radius 3 is 2.03 bits per heavy atom. The third-order valence-corrected chi connectivity index (χ3v) is 5.80. The van der Waals surface area contributed by atoms with Crippen LogP contribution in [0.15, 0.2) is 54.8 Å². The van der Waals surface area contributed by atoms with Crippen LogP contribution in [0.3, 0.4) is 0 Å². The number of halogens is 9. The van der Waals surface area contributed by atoms with E-state index in [4.69, 9.17) is 34.8 Å². The summed E-state index contributed by atoms with van der Waals surface area (Å²) in [6.45, 7) is 2.61. The number of nitrogens with one attached hydrogen (secondary N) is 2. The Morgan fingerprint density at radius 2 is 1.53 bits per heavy atom. The Balaban J connectivity index is 2.08. The Kier molecular flexibility index (Phi) is 9.87. The van der Waals surface area contributed by atoms with Crippen LogP contribution in [0.25, 0.3) is 6.08 Å². The molecule has 0 aliphatic heterocycles. The molecule has 0 spiro atoms. The van der Waals surface area contributed by atoms with Gasteiger partial charge in [-0.2, -0.15) is 26.3 Å². The fourth-order valence-corrected chi connectivity index (χ4v) is 3.42. The second-order valence-electron chi connectivity index (χ2n) is 7.35. The van der Waals surface area contributed by atoms with Gasteiger partial charge in [-0.15, -0.1) is 0 Å². The number of hydrogen-bond acceptors (Lipinski definition) is 2. The summed E-state index contributed by atoms with van der Waals surface area (Å²) in [5.74, 6) is -3.83. The molecule has 2 rings (SSSR count). The average molecular weight is 574 g/mol. The van der Waals surface area contributed by atoms with E-state index in [0.29, 0.717) is 5.56 Å². The standard InChI is InChI=1S/C23H17Cl3F6N2O2/c1-12(20(35)33-9-8-22(27,28)29)34-21(36)14-5-2-13(3-6-14)4-7-16(23(30,31)32)15-10-17(24)19(26)18(25)11-15/h2-7,10-11,16H,1,8-9H2,(H,33,35)(H,34,36). The predicted octanol–water partition coefficient (Wildman–Crippen LogP) is 7.32. The predicted molar refractivity (Wildman–Crippen MR) is 126 cm³/mol. The number of benzene rings is 2. The van der Waals surface area contributed by atoms with Crippen molar-refractivity contribution < 1.29 is 35.9 Å². The van der Waals surface area contributed by atoms with Gasteiger partial charge in [0.2, 0.25) is 0 Å². The maximum Gasteiger partial charge on any atom is 0.399 e. The normalized spacial score (nSPS) is 12.9. The van der Waals surface area contributed by atoms with Crippen LogP contribution in [0.4, 0.5) is 26.3 Å². The number of carbonyl (C=O) groups is 2. The zero-order chi connectivity index (χ0) is 27.3. The molecule has 1 unspecified atom stereocenters. The Bertz CT molecular complexity index is 1140. The Labute approximate surface area is 216 Å². The van der Waals surface area contributed by atoms with Gasteiger partial charge < -0.3 is 10.6 Å². The van der Waals surface area contributed by atoms with E-state index >= 15 is 0 Å². The van der Waals surface area contributed by atoms with Gasteiger partial charge in [0.25, 0.3) is 11.8 Å². The summed E-state index contributed by atoms with van der Waals surface area (Å²) in [5.41, 5.74) is -0.351. The number of rotatable bonds is 8. The maximum atomic E-state index is 13.6. The minimum atomic E-state index is -4.67. The van der Waals surface area contributed by atoms with Gasteiger partial charge in [0.05, 0.1) is 33.1 Å². The van der Waals surface area contributed by atoms with E-state index in [2.05, 4.69) is 11.9 Å². The molecule has 0 aliphatic carbocycles. The summed E-state index contributed by atoms with van der Waals surface area (Å²) in [6.07, 6.45) is -8.30. The van der Waals surface area contributed by atoms with Gasteiger partial charge in [-0.1, -0.05) is 65.7 Å². The minimum absolute atomic E-state index is 0.0278. The molecule has 1 atom stereocenters. The van der Waals surface area contributed by atoms with Gasteiger partial charge in [-0.05, 0) is 35.4 Å². The Hall–Kier alpha value is -2.69. The van der Waals surface area contributed by atoms with Crippen LogP contribution in [0.2, 0.25) is 15.1 Å². The highest BCUT2D eigenvalue weighted by Crippen LogP contribution is 2.41. The molecule has 36 heavy (non-hydrogen) atoms. The highest BCUT2D eigenvalue weighted by Gasteiger charge is 2.39. The number of carbonyl (C=O) groups excluding carboxylic acids is 2. The smallest absolute Gasteiger partial charge is 0.350 e. The first-order valence-electron chi connectivity index (χ1n) is 9.93. The van der Waals surface area contributed by atoms with Crippen molar-refractivity contribution >= 4 is 52.7 Å². The Morgan fingerprint density at radius 1 is 0.972 bits per heavy atom. The van der Waals surface area contributed by atoms with Crippen molar-refractivity contribution in [3.05, 3.63) is 86.5 Å². The highest BCUT2D eigenvalue weighted by atomic mass is 35.5. The van der Waals surface area contributed by atoms with E-state index in [1.807, 2.05) is 5.32 Å². The average Bonchev–Trinajstić information content (AvgIpc) is 2.76. The van der Waals surface area contributed by atoms with Crippen molar-refractivity contribution in [2.24, 2.45) is 0 Å². The minimum Gasteiger partial charge on any atom is -0.350 e. The van der Waals surface area contributed by atoms with Crippen LogP contribution in [0.5, 0.6) is 0 Å². The van der Waals surface area contributed by atoms with E-state index in [9.17, 15) is 35.9 Å². The highest BCUT2D eigenvalue weighted by molar-refractivity contribution is 6.48. The summed E-state index contributed by atoms with van der Waals surface area (Å²) >= 11 is 17.5. The van der Waals surface area contributed by atoms with Gasteiger partial charge in [0.15, 0.2) is 0 Å². The summed E-state index contributed by atoms with van der Waals surface area (Å²) in [5, 5.41) is 3.78. The first-order chi connectivity index (χ1) is 16.6. The lowest BCUT2D eigenvalue weighted by Gasteiger charge is -2.18. The van der Waals surface area contributed by atoms with Crippen LogP contribution in [0.1, 0.15) is 33.8 Å². The van der Waals surface area contributed by atoms with Crippen molar-refractivity contribution in [2.75, 3.05) is 6.54 Å². The molecule has 0 heterocycles. The van der Waals surface area contributed by atoms with Crippen LogP contribution in [-0.2, 0) is 4.79 Å². The lowest BCUT2D eigenvalue weighted by molar-refractivity contribution is -0.139. The molecule has 0 aliphatic rings. The topological polar surface area (TPSA) is 58.2 Å². The molecule has 2 N–H and O–H groups in total. The molecule has 0 aromatic heterocycles. The van der Waals surface area contributed by atoms with E-state index in [1.54, 1.807) is 0 Å².